The van der Waals surface area contributed by atoms with Crippen molar-refractivity contribution in [1.82, 2.24) is 29.5 Å². The van der Waals surface area contributed by atoms with Crippen molar-refractivity contribution in [2.75, 3.05) is 13.7 Å². The van der Waals surface area contributed by atoms with Gasteiger partial charge >= 0.3 is 0 Å². The highest BCUT2D eigenvalue weighted by Crippen LogP contribution is 2.32. The van der Waals surface area contributed by atoms with Crippen molar-refractivity contribution in [3.63, 3.8) is 0 Å². The zero-order valence-corrected chi connectivity index (χ0v) is 12.6. The van der Waals surface area contributed by atoms with Gasteiger partial charge in [-0.1, -0.05) is 6.07 Å². The average molecular weight is 312 g/mol. The molecule has 1 saturated heterocycles. The minimum atomic E-state index is -0.172. The van der Waals surface area contributed by atoms with Crippen molar-refractivity contribution in [2.45, 2.75) is 18.6 Å². The first-order valence-corrected chi connectivity index (χ1v) is 7.39. The lowest BCUT2D eigenvalue weighted by molar-refractivity contribution is 0.0677. The molecular weight excluding hydrogens is 296 g/mol. The molecule has 3 aromatic heterocycles. The molecule has 1 aliphatic heterocycles. The maximum Gasteiger partial charge on any atom is 0.271 e. The molecule has 4 rings (SSSR count). The number of likely N-dealkylation sites (tertiary alicyclic amines) is 1. The fourth-order valence-corrected chi connectivity index (χ4v) is 3.10. The summed E-state index contributed by atoms with van der Waals surface area (Å²) < 4.78 is 7.24. The summed E-state index contributed by atoms with van der Waals surface area (Å²) in [4.78, 5) is 23.3. The third-order valence-electron chi connectivity index (χ3n) is 4.25. The molecule has 1 N–H and O–H groups in total. The van der Waals surface area contributed by atoms with E-state index in [1.54, 1.807) is 34.9 Å². The van der Waals surface area contributed by atoms with Crippen LogP contribution in [0.5, 0.6) is 0 Å². The molecule has 1 fully saturated rings. The molecule has 0 aliphatic carbocycles. The molecule has 118 valence electrons. The molecule has 23 heavy (non-hydrogen) atoms. The molecule has 3 aromatic rings. The normalized spacial score (nSPS) is 21.2. The third kappa shape index (κ3) is 2.27. The fraction of sp³-hybridized carbons (Fsp3) is 0.333. The Kier molecular flexibility index (Phi) is 3.30. The summed E-state index contributed by atoms with van der Waals surface area (Å²) in [5.41, 5.74) is 1.32. The van der Waals surface area contributed by atoms with E-state index in [1.807, 2.05) is 12.1 Å². The highest BCUT2D eigenvalue weighted by atomic mass is 16.5. The second-order valence-corrected chi connectivity index (χ2v) is 5.50. The van der Waals surface area contributed by atoms with Crippen LogP contribution in [0.1, 0.15) is 28.8 Å². The van der Waals surface area contributed by atoms with Crippen LogP contribution in [0.25, 0.3) is 5.65 Å². The van der Waals surface area contributed by atoms with Gasteiger partial charge in [0.25, 0.3) is 5.91 Å². The summed E-state index contributed by atoms with van der Waals surface area (Å²) in [5.74, 6) is 0.602. The van der Waals surface area contributed by atoms with Crippen molar-refractivity contribution < 1.29 is 9.53 Å². The number of rotatable bonds is 3. The molecule has 0 aromatic carbocycles. The van der Waals surface area contributed by atoms with Crippen LogP contribution in [0, 0.1) is 0 Å². The number of H-pyrrole nitrogens is 1. The number of methoxy groups -OCH3 is 1. The number of carbonyl (C=O) groups is 1. The van der Waals surface area contributed by atoms with Crippen LogP contribution in [0.3, 0.4) is 0 Å². The number of hydrogen-bond donors (Lipinski definition) is 1. The van der Waals surface area contributed by atoms with E-state index in [0.29, 0.717) is 24.5 Å². The van der Waals surface area contributed by atoms with E-state index in [-0.39, 0.29) is 18.1 Å². The van der Waals surface area contributed by atoms with Crippen molar-refractivity contribution in [1.29, 1.82) is 0 Å². The Hall–Kier alpha value is -2.74. The van der Waals surface area contributed by atoms with E-state index in [0.717, 1.165) is 5.65 Å². The molecule has 4 heterocycles. The lowest BCUT2D eigenvalue weighted by Crippen LogP contribution is -2.33. The van der Waals surface area contributed by atoms with Gasteiger partial charge in [0.05, 0.1) is 12.1 Å². The molecule has 0 unspecified atom stereocenters. The van der Waals surface area contributed by atoms with E-state index in [1.165, 1.54) is 6.33 Å². The monoisotopic (exact) mass is 312 g/mol. The van der Waals surface area contributed by atoms with Crippen molar-refractivity contribution in [2.24, 2.45) is 0 Å². The average Bonchev–Trinajstić information content (AvgIpc) is 3.31. The molecule has 2 atom stereocenters. The number of aromatic nitrogens is 5. The Morgan fingerprint density at radius 1 is 1.39 bits per heavy atom. The first-order valence-electron chi connectivity index (χ1n) is 7.39. The molecule has 0 radical (unpaired) electrons. The Morgan fingerprint density at radius 3 is 3.09 bits per heavy atom. The van der Waals surface area contributed by atoms with Crippen LogP contribution >= 0.6 is 0 Å². The first kappa shape index (κ1) is 13.9. The Morgan fingerprint density at radius 2 is 2.30 bits per heavy atom. The SMILES string of the molecule is CO[C@@H]1C[C@@H](c2ncn[nH]2)N(C(=O)c2cccc3nccn23)C1. The van der Waals surface area contributed by atoms with E-state index in [2.05, 4.69) is 20.2 Å². The third-order valence-corrected chi connectivity index (χ3v) is 4.25. The molecular formula is C15H16N6O2. The number of nitrogens with one attached hydrogen (secondary N) is 1. The zero-order chi connectivity index (χ0) is 15.8. The number of ether oxygens (including phenoxy) is 1. The lowest BCUT2D eigenvalue weighted by atomic mass is 10.2. The smallest absolute Gasteiger partial charge is 0.271 e. The predicted octanol–water partition coefficient (Wildman–Crippen LogP) is 1.05. The predicted molar refractivity (Wildman–Crippen MR) is 80.8 cm³/mol. The topological polar surface area (TPSA) is 88.4 Å². The number of fused-ring (bicyclic) bond motifs is 1. The molecule has 0 spiro atoms. The van der Waals surface area contributed by atoms with Gasteiger partial charge < -0.3 is 9.64 Å². The molecule has 8 nitrogen and oxygen atoms in total. The summed E-state index contributed by atoms with van der Waals surface area (Å²) in [6.07, 6.45) is 5.60. The van der Waals surface area contributed by atoms with Gasteiger partial charge in [-0.25, -0.2) is 9.97 Å². The van der Waals surface area contributed by atoms with Crippen molar-refractivity contribution in [3.8, 4) is 0 Å². The van der Waals surface area contributed by atoms with Crippen LogP contribution in [0.15, 0.2) is 36.9 Å². The van der Waals surface area contributed by atoms with E-state index in [4.69, 9.17) is 4.74 Å². The molecule has 1 aliphatic rings. The zero-order valence-electron chi connectivity index (χ0n) is 12.6. The Bertz CT molecular complexity index is 827. The Labute approximate surface area is 132 Å². The number of hydrogen-bond acceptors (Lipinski definition) is 5. The summed E-state index contributed by atoms with van der Waals surface area (Å²) in [6.45, 7) is 0.520. The number of carbonyl (C=O) groups excluding carboxylic acids is 1. The number of aromatic amines is 1. The maximum atomic E-state index is 13.1. The van der Waals surface area contributed by atoms with Gasteiger partial charge in [-0.05, 0) is 12.1 Å². The second kappa shape index (κ2) is 5.47. The van der Waals surface area contributed by atoms with E-state index < -0.39 is 0 Å². The number of amides is 1. The van der Waals surface area contributed by atoms with Crippen molar-refractivity contribution in [3.05, 3.63) is 48.4 Å². The first-order chi connectivity index (χ1) is 11.3. The number of imidazole rings is 1. The molecule has 1 amide bonds. The summed E-state index contributed by atoms with van der Waals surface area (Å²) >= 11 is 0. The van der Waals surface area contributed by atoms with Crippen LogP contribution < -0.4 is 0 Å². The standard InChI is InChI=1S/C15H16N6O2/c1-23-10-7-12(14-17-9-18-19-14)21(8-10)15(22)11-3-2-4-13-16-5-6-20(11)13/h2-6,9-10,12H,7-8H2,1H3,(H,17,18,19)/t10-,12+/m1/s1. The molecule has 0 saturated carbocycles. The number of nitrogens with zero attached hydrogens (tertiary/aromatic N) is 5. The van der Waals surface area contributed by atoms with E-state index >= 15 is 0 Å². The van der Waals surface area contributed by atoms with Gasteiger partial charge in [0.15, 0.2) is 0 Å². The van der Waals surface area contributed by atoms with Gasteiger partial charge in [-0.2, -0.15) is 5.10 Å². The van der Waals surface area contributed by atoms with Gasteiger partial charge in [0.2, 0.25) is 0 Å². The van der Waals surface area contributed by atoms with Crippen LogP contribution in [0.4, 0.5) is 0 Å². The molecule has 8 heteroatoms. The van der Waals surface area contributed by atoms with E-state index in [9.17, 15) is 4.79 Å². The van der Waals surface area contributed by atoms with Gasteiger partial charge in [0.1, 0.15) is 23.5 Å². The summed E-state index contributed by atoms with van der Waals surface area (Å²) in [5, 5.41) is 6.76. The minimum Gasteiger partial charge on any atom is -0.380 e. The molecule has 0 bridgehead atoms. The maximum absolute atomic E-state index is 13.1. The van der Waals surface area contributed by atoms with Gasteiger partial charge in [-0.3, -0.25) is 14.3 Å². The number of pyridine rings is 1. The van der Waals surface area contributed by atoms with Crippen molar-refractivity contribution >= 4 is 11.6 Å². The van der Waals surface area contributed by atoms with Crippen LogP contribution in [0.2, 0.25) is 0 Å². The van der Waals surface area contributed by atoms with Crippen LogP contribution in [-0.4, -0.2) is 55.1 Å². The summed E-state index contributed by atoms with van der Waals surface area (Å²) in [6, 6.07) is 5.33. The highest BCUT2D eigenvalue weighted by molar-refractivity contribution is 5.93. The Balaban J connectivity index is 1.72. The fourth-order valence-electron chi connectivity index (χ4n) is 3.10. The minimum absolute atomic E-state index is 0.0176. The highest BCUT2D eigenvalue weighted by Gasteiger charge is 2.38. The summed E-state index contributed by atoms with van der Waals surface area (Å²) in [7, 11) is 1.66. The van der Waals surface area contributed by atoms with Gasteiger partial charge in [-0.15, -0.1) is 0 Å². The largest absolute Gasteiger partial charge is 0.380 e. The van der Waals surface area contributed by atoms with Crippen LogP contribution in [-0.2, 0) is 4.74 Å². The quantitative estimate of drug-likeness (QED) is 0.781. The van der Waals surface area contributed by atoms with Gasteiger partial charge in [0, 0.05) is 32.5 Å². The lowest BCUT2D eigenvalue weighted by Gasteiger charge is -2.23. The second-order valence-electron chi connectivity index (χ2n) is 5.50.